The summed E-state index contributed by atoms with van der Waals surface area (Å²) in [6.45, 7) is -2.90. The van der Waals surface area contributed by atoms with Gasteiger partial charge in [-0.15, -0.1) is 0 Å². The molecular formula is C13H8F3O. The molecule has 0 aliphatic rings. The Morgan fingerprint density at radius 1 is 1.06 bits per heavy atom. The van der Waals surface area contributed by atoms with Gasteiger partial charge < -0.3 is 4.74 Å². The Labute approximate surface area is 96.5 Å². The molecule has 0 unspecified atom stereocenters. The van der Waals surface area contributed by atoms with E-state index in [1.807, 2.05) is 0 Å². The molecule has 0 fully saturated rings. The monoisotopic (exact) mass is 237 g/mol. The highest BCUT2D eigenvalue weighted by Crippen LogP contribution is 2.30. The van der Waals surface area contributed by atoms with Crippen molar-refractivity contribution in [2.24, 2.45) is 0 Å². The Morgan fingerprint density at radius 3 is 2.41 bits per heavy atom. The zero-order valence-electron chi connectivity index (χ0n) is 8.66. The maximum Gasteiger partial charge on any atom is 0.387 e. The van der Waals surface area contributed by atoms with Gasteiger partial charge in [0.1, 0.15) is 11.6 Å². The first-order valence-electron chi connectivity index (χ1n) is 4.88. The molecular weight excluding hydrogens is 229 g/mol. The van der Waals surface area contributed by atoms with Gasteiger partial charge >= 0.3 is 6.61 Å². The van der Waals surface area contributed by atoms with E-state index in [0.717, 1.165) is 0 Å². The van der Waals surface area contributed by atoms with Crippen molar-refractivity contribution in [2.45, 2.75) is 6.61 Å². The highest BCUT2D eigenvalue weighted by atomic mass is 19.3. The predicted octanol–water partition coefficient (Wildman–Crippen LogP) is 3.89. The first kappa shape index (κ1) is 11.5. The van der Waals surface area contributed by atoms with Crippen LogP contribution in [0.3, 0.4) is 0 Å². The van der Waals surface area contributed by atoms with Gasteiger partial charge in [0.2, 0.25) is 0 Å². The van der Waals surface area contributed by atoms with Crippen LogP contribution in [0.4, 0.5) is 13.2 Å². The molecule has 0 aliphatic carbocycles. The van der Waals surface area contributed by atoms with E-state index in [9.17, 15) is 13.2 Å². The third kappa shape index (κ3) is 2.78. The molecule has 0 spiro atoms. The zero-order chi connectivity index (χ0) is 12.3. The van der Waals surface area contributed by atoms with Crippen LogP contribution in [0.15, 0.2) is 42.5 Å². The number of ether oxygens (including phenoxy) is 1. The summed E-state index contributed by atoms with van der Waals surface area (Å²) in [7, 11) is 0. The minimum atomic E-state index is -2.90. The molecule has 0 saturated carbocycles. The maximum absolute atomic E-state index is 12.8. The van der Waals surface area contributed by atoms with Gasteiger partial charge in [0.05, 0.1) is 0 Å². The molecule has 1 nitrogen and oxygen atoms in total. The van der Waals surface area contributed by atoms with Crippen LogP contribution < -0.4 is 4.74 Å². The summed E-state index contributed by atoms with van der Waals surface area (Å²) in [5.74, 6) is -0.366. The summed E-state index contributed by atoms with van der Waals surface area (Å²) in [5.41, 5.74) is 0.954. The second-order valence-corrected chi connectivity index (χ2v) is 3.29. The van der Waals surface area contributed by atoms with Crippen LogP contribution in [0.2, 0.25) is 0 Å². The molecule has 0 atom stereocenters. The van der Waals surface area contributed by atoms with Crippen molar-refractivity contribution < 1.29 is 17.9 Å². The van der Waals surface area contributed by atoms with Crippen LogP contribution in [0.25, 0.3) is 11.1 Å². The quantitative estimate of drug-likeness (QED) is 0.786. The van der Waals surface area contributed by atoms with Crippen molar-refractivity contribution in [1.29, 1.82) is 0 Å². The van der Waals surface area contributed by atoms with Crippen LogP contribution in [-0.4, -0.2) is 6.61 Å². The average molecular weight is 237 g/mol. The summed E-state index contributed by atoms with van der Waals surface area (Å²) in [5, 5.41) is 0. The Morgan fingerprint density at radius 2 is 1.76 bits per heavy atom. The molecule has 0 bridgehead atoms. The van der Waals surface area contributed by atoms with Gasteiger partial charge in [0, 0.05) is 5.56 Å². The minimum Gasteiger partial charge on any atom is -0.434 e. The molecule has 2 rings (SSSR count). The van der Waals surface area contributed by atoms with Crippen LogP contribution in [0.1, 0.15) is 0 Å². The highest BCUT2D eigenvalue weighted by Gasteiger charge is 2.10. The molecule has 0 heterocycles. The number of alkyl halides is 2. The van der Waals surface area contributed by atoms with Gasteiger partial charge in [0.15, 0.2) is 0 Å². The van der Waals surface area contributed by atoms with Gasteiger partial charge in [-0.1, -0.05) is 24.3 Å². The van der Waals surface area contributed by atoms with Crippen molar-refractivity contribution in [3.63, 3.8) is 0 Å². The highest BCUT2D eigenvalue weighted by molar-refractivity contribution is 5.69. The zero-order valence-corrected chi connectivity index (χ0v) is 8.66. The summed E-state index contributed by atoms with van der Waals surface area (Å²) in [6, 6.07) is 12.8. The molecule has 0 saturated heterocycles. The lowest BCUT2D eigenvalue weighted by atomic mass is 10.0. The molecule has 2 aromatic rings. The lowest BCUT2D eigenvalue weighted by molar-refractivity contribution is -0.0494. The number of hydrogen-bond acceptors (Lipinski definition) is 1. The fourth-order valence-electron chi connectivity index (χ4n) is 1.46. The topological polar surface area (TPSA) is 9.23 Å². The summed E-state index contributed by atoms with van der Waals surface area (Å²) in [6.07, 6.45) is 0. The van der Waals surface area contributed by atoms with E-state index in [0.29, 0.717) is 11.1 Å². The number of rotatable bonds is 3. The SMILES string of the molecule is Fc1ccc(-c2[c]cccc2OC(F)F)cc1. The lowest BCUT2D eigenvalue weighted by Crippen LogP contribution is -2.03. The number of halogens is 3. The van der Waals surface area contributed by atoms with Gasteiger partial charge in [-0.05, 0) is 29.8 Å². The average Bonchev–Trinajstić information content (AvgIpc) is 2.30. The Hall–Kier alpha value is -1.97. The molecule has 0 aromatic heterocycles. The first-order chi connectivity index (χ1) is 8.16. The van der Waals surface area contributed by atoms with Crippen LogP contribution in [0, 0.1) is 11.9 Å². The van der Waals surface area contributed by atoms with Gasteiger partial charge in [-0.3, -0.25) is 0 Å². The van der Waals surface area contributed by atoms with Crippen LogP contribution in [0.5, 0.6) is 5.75 Å². The summed E-state index contributed by atoms with van der Waals surface area (Å²) < 4.78 is 41.5. The van der Waals surface area contributed by atoms with E-state index in [4.69, 9.17) is 0 Å². The Kier molecular flexibility index (Phi) is 3.32. The third-order valence-electron chi connectivity index (χ3n) is 2.17. The number of hydrogen-bond donors (Lipinski definition) is 0. The lowest BCUT2D eigenvalue weighted by Gasteiger charge is -2.10. The van der Waals surface area contributed by atoms with Crippen molar-refractivity contribution in [3.05, 3.63) is 54.3 Å². The van der Waals surface area contributed by atoms with Crippen molar-refractivity contribution in [3.8, 4) is 16.9 Å². The van der Waals surface area contributed by atoms with Crippen molar-refractivity contribution >= 4 is 0 Å². The molecule has 0 N–H and O–H groups in total. The summed E-state index contributed by atoms with van der Waals surface area (Å²) >= 11 is 0. The van der Waals surface area contributed by atoms with E-state index in [1.54, 1.807) is 12.1 Å². The molecule has 1 radical (unpaired) electrons. The minimum absolute atomic E-state index is 0.0223. The van der Waals surface area contributed by atoms with Crippen molar-refractivity contribution in [2.75, 3.05) is 0 Å². The molecule has 4 heteroatoms. The van der Waals surface area contributed by atoms with Gasteiger partial charge in [-0.2, -0.15) is 8.78 Å². The van der Waals surface area contributed by atoms with Crippen molar-refractivity contribution in [1.82, 2.24) is 0 Å². The summed E-state index contributed by atoms with van der Waals surface area (Å²) in [4.78, 5) is 0. The van der Waals surface area contributed by atoms with E-state index in [-0.39, 0.29) is 11.6 Å². The molecule has 2 aromatic carbocycles. The Balaban J connectivity index is 2.40. The second-order valence-electron chi connectivity index (χ2n) is 3.29. The van der Waals surface area contributed by atoms with E-state index in [1.165, 1.54) is 30.3 Å². The Bertz CT molecular complexity index is 494. The molecule has 0 amide bonds. The van der Waals surface area contributed by atoms with Gasteiger partial charge in [-0.25, -0.2) is 4.39 Å². The van der Waals surface area contributed by atoms with E-state index >= 15 is 0 Å². The second kappa shape index (κ2) is 4.91. The van der Waals surface area contributed by atoms with E-state index < -0.39 is 6.61 Å². The molecule has 0 aliphatic heterocycles. The normalized spacial score (nSPS) is 10.6. The van der Waals surface area contributed by atoms with Gasteiger partial charge in [0.25, 0.3) is 0 Å². The third-order valence-corrected chi connectivity index (χ3v) is 2.17. The largest absolute Gasteiger partial charge is 0.434 e. The van der Waals surface area contributed by atoms with Crippen LogP contribution >= 0.6 is 0 Å². The van der Waals surface area contributed by atoms with Crippen LogP contribution in [-0.2, 0) is 0 Å². The fourth-order valence-corrected chi connectivity index (χ4v) is 1.46. The molecule has 17 heavy (non-hydrogen) atoms. The standard InChI is InChI=1S/C13H8F3O/c14-10-7-5-9(6-8-10)11-3-1-2-4-12(11)17-13(15)16/h1-2,4-8,13H. The maximum atomic E-state index is 12.8. The van der Waals surface area contributed by atoms with E-state index in [2.05, 4.69) is 10.8 Å². The fraction of sp³-hybridized carbons (Fsp3) is 0.0769. The smallest absolute Gasteiger partial charge is 0.387 e. The number of benzene rings is 2. The predicted molar refractivity (Wildman–Crippen MR) is 57.3 cm³/mol. The first-order valence-corrected chi connectivity index (χ1v) is 4.88. The molecule has 87 valence electrons.